The zero-order chi connectivity index (χ0) is 17.8. The van der Waals surface area contributed by atoms with E-state index in [0.717, 1.165) is 17.1 Å². The molecule has 0 aliphatic carbocycles. The summed E-state index contributed by atoms with van der Waals surface area (Å²) in [5.41, 5.74) is 3.23. The molecule has 0 unspecified atom stereocenters. The van der Waals surface area contributed by atoms with Crippen molar-refractivity contribution in [3.63, 3.8) is 0 Å². The highest BCUT2D eigenvalue weighted by atomic mass is 32.2. The number of anilines is 1. The van der Waals surface area contributed by atoms with Crippen LogP contribution in [0.1, 0.15) is 11.4 Å². The van der Waals surface area contributed by atoms with Crippen molar-refractivity contribution in [2.45, 2.75) is 18.7 Å². The molecule has 4 nitrogen and oxygen atoms in total. The number of carbonyl (C=O) groups is 1. The number of benzene rings is 2. The molecule has 2 aromatic carbocycles. The Bertz CT molecular complexity index is 893. The quantitative estimate of drug-likeness (QED) is 0.692. The lowest BCUT2D eigenvalue weighted by atomic mass is 10.3. The van der Waals surface area contributed by atoms with Crippen LogP contribution in [0.25, 0.3) is 5.69 Å². The molecular formula is C19H18FN3OS. The molecule has 3 aromatic rings. The Morgan fingerprint density at radius 2 is 1.80 bits per heavy atom. The molecule has 6 heteroatoms. The molecule has 25 heavy (non-hydrogen) atoms. The highest BCUT2D eigenvalue weighted by Gasteiger charge is 2.15. The summed E-state index contributed by atoms with van der Waals surface area (Å²) >= 11 is 1.18. The lowest BCUT2D eigenvalue weighted by Gasteiger charge is -2.07. The summed E-state index contributed by atoms with van der Waals surface area (Å²) < 4.78 is 15.4. The fourth-order valence-electron chi connectivity index (χ4n) is 2.52. The van der Waals surface area contributed by atoms with Crippen molar-refractivity contribution >= 4 is 23.4 Å². The number of thioether (sulfide) groups is 1. The smallest absolute Gasteiger partial charge is 0.234 e. The third kappa shape index (κ3) is 3.91. The maximum absolute atomic E-state index is 13.6. The number of hydrogen-bond donors (Lipinski definition) is 1. The van der Waals surface area contributed by atoms with Crippen LogP contribution in [-0.4, -0.2) is 21.4 Å². The van der Waals surface area contributed by atoms with Crippen LogP contribution >= 0.6 is 11.8 Å². The number of nitrogens with one attached hydrogen (secondary N) is 1. The molecule has 1 heterocycles. The normalized spacial score (nSPS) is 10.7. The number of rotatable bonds is 5. The Hall–Kier alpha value is -2.60. The molecule has 3 rings (SSSR count). The average molecular weight is 355 g/mol. The van der Waals surface area contributed by atoms with Gasteiger partial charge in [-0.1, -0.05) is 30.3 Å². The van der Waals surface area contributed by atoms with Crippen molar-refractivity contribution in [2.75, 3.05) is 11.1 Å². The number of aryl methyl sites for hydroxylation is 1. The summed E-state index contributed by atoms with van der Waals surface area (Å²) in [6.07, 6.45) is 0. The molecule has 1 amide bonds. The zero-order valence-electron chi connectivity index (χ0n) is 14.0. The second kappa shape index (κ2) is 7.53. The fourth-order valence-corrected chi connectivity index (χ4v) is 3.26. The maximum Gasteiger partial charge on any atom is 0.234 e. The van der Waals surface area contributed by atoms with Crippen molar-refractivity contribution in [3.05, 3.63) is 71.8 Å². The summed E-state index contributed by atoms with van der Waals surface area (Å²) in [4.78, 5) is 12.7. The average Bonchev–Trinajstić information content (AvgIpc) is 2.90. The molecule has 1 aromatic heterocycles. The van der Waals surface area contributed by atoms with E-state index in [0.29, 0.717) is 10.6 Å². The Morgan fingerprint density at radius 1 is 1.12 bits per heavy atom. The highest BCUT2D eigenvalue weighted by molar-refractivity contribution is 8.00. The van der Waals surface area contributed by atoms with Crippen molar-refractivity contribution < 1.29 is 9.18 Å². The number of hydrogen-bond acceptors (Lipinski definition) is 3. The largest absolute Gasteiger partial charge is 0.322 e. The van der Waals surface area contributed by atoms with Crippen LogP contribution in [0.3, 0.4) is 0 Å². The molecular weight excluding hydrogens is 337 g/mol. The number of halogens is 1. The SMILES string of the molecule is Cc1nn(-c2ccccc2)c(C)c1NC(=O)CSc1ccccc1F. The van der Waals surface area contributed by atoms with Gasteiger partial charge in [-0.2, -0.15) is 5.10 Å². The fraction of sp³-hybridized carbons (Fsp3) is 0.158. The second-order valence-corrected chi connectivity index (χ2v) is 6.58. The van der Waals surface area contributed by atoms with Crippen molar-refractivity contribution in [2.24, 2.45) is 0 Å². The maximum atomic E-state index is 13.6. The standard InChI is InChI=1S/C19H18FN3OS/c1-13-19(14(2)23(22-13)15-8-4-3-5-9-15)21-18(24)12-25-17-11-7-6-10-16(17)20/h3-11H,12H2,1-2H3,(H,21,24). The number of aromatic nitrogens is 2. The molecule has 1 N–H and O–H groups in total. The highest BCUT2D eigenvalue weighted by Crippen LogP contribution is 2.24. The van der Waals surface area contributed by atoms with Crippen molar-refractivity contribution in [1.29, 1.82) is 0 Å². The number of nitrogens with zero attached hydrogens (tertiary/aromatic N) is 2. The minimum Gasteiger partial charge on any atom is -0.322 e. The summed E-state index contributed by atoms with van der Waals surface area (Å²) in [5.74, 6) is -0.368. The molecule has 0 aliphatic rings. The van der Waals surface area contributed by atoms with Crippen LogP contribution in [0, 0.1) is 19.7 Å². The molecule has 128 valence electrons. The summed E-state index contributed by atoms with van der Waals surface area (Å²) in [6.45, 7) is 3.76. The van der Waals surface area contributed by atoms with Crippen LogP contribution in [-0.2, 0) is 4.79 Å². The van der Waals surface area contributed by atoms with E-state index < -0.39 is 0 Å². The van der Waals surface area contributed by atoms with Gasteiger partial charge in [0.05, 0.1) is 28.5 Å². The third-order valence-electron chi connectivity index (χ3n) is 3.75. The first-order valence-corrected chi connectivity index (χ1v) is 8.83. The monoisotopic (exact) mass is 355 g/mol. The lowest BCUT2D eigenvalue weighted by molar-refractivity contribution is -0.113. The first kappa shape index (κ1) is 17.2. The predicted molar refractivity (Wildman–Crippen MR) is 98.8 cm³/mol. The molecule has 0 saturated heterocycles. The van der Waals surface area contributed by atoms with Gasteiger partial charge in [-0.15, -0.1) is 11.8 Å². The first-order chi connectivity index (χ1) is 12.1. The Balaban J connectivity index is 1.72. The van der Waals surface area contributed by atoms with Crippen LogP contribution in [0.4, 0.5) is 10.1 Å². The van der Waals surface area contributed by atoms with Gasteiger partial charge in [0.25, 0.3) is 0 Å². The molecule has 0 aliphatic heterocycles. The van der Waals surface area contributed by atoms with E-state index in [-0.39, 0.29) is 17.5 Å². The Labute approximate surface area is 150 Å². The van der Waals surface area contributed by atoms with Crippen molar-refractivity contribution in [3.8, 4) is 5.69 Å². The molecule has 0 spiro atoms. The van der Waals surface area contributed by atoms with E-state index in [9.17, 15) is 9.18 Å². The van der Waals surface area contributed by atoms with Crippen LogP contribution in [0.2, 0.25) is 0 Å². The lowest BCUT2D eigenvalue weighted by Crippen LogP contribution is -2.15. The van der Waals surface area contributed by atoms with Gasteiger partial charge in [-0.05, 0) is 38.1 Å². The summed E-state index contributed by atoms with van der Waals surface area (Å²) in [5, 5.41) is 7.39. The van der Waals surface area contributed by atoms with Gasteiger partial charge in [0, 0.05) is 4.90 Å². The molecule has 0 radical (unpaired) electrons. The van der Waals surface area contributed by atoms with Gasteiger partial charge in [0.2, 0.25) is 5.91 Å². The Kier molecular flexibility index (Phi) is 5.19. The molecule has 0 atom stereocenters. The molecule has 0 saturated carbocycles. The second-order valence-electron chi connectivity index (χ2n) is 5.56. The van der Waals surface area contributed by atoms with E-state index in [1.807, 2.05) is 44.2 Å². The minimum atomic E-state index is -0.315. The first-order valence-electron chi connectivity index (χ1n) is 7.85. The van der Waals surface area contributed by atoms with Crippen LogP contribution < -0.4 is 5.32 Å². The van der Waals surface area contributed by atoms with Gasteiger partial charge in [-0.25, -0.2) is 9.07 Å². The van der Waals surface area contributed by atoms with Crippen LogP contribution in [0.5, 0.6) is 0 Å². The number of para-hydroxylation sites is 1. The van der Waals surface area contributed by atoms with Gasteiger partial charge < -0.3 is 5.32 Å². The molecule has 0 bridgehead atoms. The number of carbonyl (C=O) groups excluding carboxylic acids is 1. The van der Waals surface area contributed by atoms with Crippen LogP contribution in [0.15, 0.2) is 59.5 Å². The third-order valence-corrected chi connectivity index (χ3v) is 4.80. The summed E-state index contributed by atoms with van der Waals surface area (Å²) in [6, 6.07) is 16.2. The van der Waals surface area contributed by atoms with E-state index in [1.165, 1.54) is 17.8 Å². The van der Waals surface area contributed by atoms with Gasteiger partial charge in [0.15, 0.2) is 0 Å². The van der Waals surface area contributed by atoms with Gasteiger partial charge in [-0.3, -0.25) is 4.79 Å². The minimum absolute atomic E-state index is 0.135. The summed E-state index contributed by atoms with van der Waals surface area (Å²) in [7, 11) is 0. The van der Waals surface area contributed by atoms with E-state index in [1.54, 1.807) is 22.9 Å². The number of amides is 1. The van der Waals surface area contributed by atoms with Gasteiger partial charge >= 0.3 is 0 Å². The molecule has 0 fully saturated rings. The zero-order valence-corrected chi connectivity index (χ0v) is 14.8. The Morgan fingerprint density at radius 3 is 2.52 bits per heavy atom. The van der Waals surface area contributed by atoms with Crippen molar-refractivity contribution in [1.82, 2.24) is 9.78 Å². The van der Waals surface area contributed by atoms with E-state index >= 15 is 0 Å². The van der Waals surface area contributed by atoms with E-state index in [2.05, 4.69) is 10.4 Å². The predicted octanol–water partition coefficient (Wildman–Crippen LogP) is 4.36. The van der Waals surface area contributed by atoms with Gasteiger partial charge in [0.1, 0.15) is 5.82 Å². The topological polar surface area (TPSA) is 46.9 Å². The van der Waals surface area contributed by atoms with E-state index in [4.69, 9.17) is 0 Å².